The molecule has 5 heteroatoms. The number of ether oxygens (including phenoxy) is 1. The van der Waals surface area contributed by atoms with Gasteiger partial charge in [-0.05, 0) is 29.5 Å². The first-order valence-electron chi connectivity index (χ1n) is 7.62. The van der Waals surface area contributed by atoms with Gasteiger partial charge in [-0.15, -0.1) is 0 Å². The molecule has 3 atom stereocenters. The number of nitrogens with one attached hydrogen (secondary N) is 1. The zero-order valence-corrected chi connectivity index (χ0v) is 13.4. The number of anilines is 1. The molecule has 1 amide bonds. The molecule has 4 nitrogen and oxygen atoms in total. The maximum Gasteiger partial charge on any atom is 0.255 e. The molecule has 0 saturated heterocycles. The smallest absolute Gasteiger partial charge is 0.255 e. The van der Waals surface area contributed by atoms with Crippen molar-refractivity contribution in [3.63, 3.8) is 0 Å². The van der Waals surface area contributed by atoms with Gasteiger partial charge in [0, 0.05) is 18.0 Å². The van der Waals surface area contributed by atoms with Gasteiger partial charge in [-0.2, -0.15) is 0 Å². The highest BCUT2D eigenvalue weighted by Crippen LogP contribution is 2.56. The molecule has 1 saturated carbocycles. The highest BCUT2D eigenvalue weighted by Gasteiger charge is 2.56. The highest BCUT2D eigenvalue weighted by atomic mass is 35.5. The SMILES string of the molecule is COc1cc(N)c(Cl)cc1C(=O)NC1C2Cc3ccccc3C21. The number of nitrogen functional groups attached to an aromatic ring is 1. The van der Waals surface area contributed by atoms with Gasteiger partial charge < -0.3 is 15.8 Å². The molecule has 0 heterocycles. The van der Waals surface area contributed by atoms with E-state index in [-0.39, 0.29) is 11.9 Å². The molecule has 2 aromatic rings. The lowest BCUT2D eigenvalue weighted by Crippen LogP contribution is -2.29. The molecule has 2 aliphatic carbocycles. The number of halogens is 1. The topological polar surface area (TPSA) is 64.3 Å². The standard InChI is InChI=1S/C18H17ClN2O2/c1-23-15-8-14(20)13(19)7-11(15)18(22)21-17-12-6-9-4-2-3-5-10(9)16(12)17/h2-5,7-8,12,16-17H,6,20H2,1H3,(H,21,22). The fourth-order valence-electron chi connectivity index (χ4n) is 3.69. The Morgan fingerprint density at radius 3 is 2.91 bits per heavy atom. The molecule has 118 valence electrons. The maximum absolute atomic E-state index is 12.6. The second-order valence-corrected chi connectivity index (χ2v) is 6.57. The molecular formula is C18H17ClN2O2. The van der Waals surface area contributed by atoms with E-state index in [4.69, 9.17) is 22.1 Å². The summed E-state index contributed by atoms with van der Waals surface area (Å²) in [5.74, 6) is 1.22. The minimum atomic E-state index is -0.166. The Bertz CT molecular complexity index is 806. The lowest BCUT2D eigenvalue weighted by molar-refractivity contribution is 0.0945. The number of hydrogen-bond donors (Lipinski definition) is 2. The quantitative estimate of drug-likeness (QED) is 0.851. The highest BCUT2D eigenvalue weighted by molar-refractivity contribution is 6.33. The molecule has 1 fully saturated rings. The normalized spacial score (nSPS) is 23.8. The Morgan fingerprint density at radius 2 is 2.13 bits per heavy atom. The van der Waals surface area contributed by atoms with E-state index < -0.39 is 0 Å². The van der Waals surface area contributed by atoms with Crippen LogP contribution in [0.4, 0.5) is 5.69 Å². The van der Waals surface area contributed by atoms with Crippen LogP contribution in [0.25, 0.3) is 0 Å². The zero-order chi connectivity index (χ0) is 16.1. The van der Waals surface area contributed by atoms with Gasteiger partial charge >= 0.3 is 0 Å². The van der Waals surface area contributed by atoms with Gasteiger partial charge in [-0.1, -0.05) is 35.9 Å². The Kier molecular flexibility index (Phi) is 3.23. The summed E-state index contributed by atoms with van der Waals surface area (Å²) in [6.07, 6.45) is 1.03. The third kappa shape index (κ3) is 2.25. The molecular weight excluding hydrogens is 312 g/mol. The lowest BCUT2D eigenvalue weighted by atomic mass is 10.0. The summed E-state index contributed by atoms with van der Waals surface area (Å²) in [6.45, 7) is 0. The molecule has 0 aromatic heterocycles. The average molecular weight is 329 g/mol. The van der Waals surface area contributed by atoms with E-state index in [0.29, 0.717) is 33.9 Å². The first kappa shape index (κ1) is 14.4. The summed E-state index contributed by atoms with van der Waals surface area (Å²) in [7, 11) is 1.52. The number of nitrogens with two attached hydrogens (primary N) is 1. The van der Waals surface area contributed by atoms with Crippen LogP contribution in [-0.4, -0.2) is 19.1 Å². The van der Waals surface area contributed by atoms with E-state index in [9.17, 15) is 4.79 Å². The van der Waals surface area contributed by atoms with Crippen molar-refractivity contribution in [2.75, 3.05) is 12.8 Å². The molecule has 2 aliphatic rings. The van der Waals surface area contributed by atoms with Crippen LogP contribution < -0.4 is 15.8 Å². The van der Waals surface area contributed by atoms with E-state index in [1.165, 1.54) is 18.2 Å². The molecule has 0 aliphatic heterocycles. The van der Waals surface area contributed by atoms with Crippen LogP contribution >= 0.6 is 11.6 Å². The predicted molar refractivity (Wildman–Crippen MR) is 90.0 cm³/mol. The van der Waals surface area contributed by atoms with E-state index in [2.05, 4.69) is 29.6 Å². The van der Waals surface area contributed by atoms with Gasteiger partial charge in [0.2, 0.25) is 0 Å². The average Bonchev–Trinajstić information content (AvgIpc) is 3.05. The number of methoxy groups -OCH3 is 1. The van der Waals surface area contributed by atoms with Crippen molar-refractivity contribution in [1.82, 2.24) is 5.32 Å². The largest absolute Gasteiger partial charge is 0.496 e. The predicted octanol–water partition coefficient (Wildman–Crippen LogP) is 3.00. The van der Waals surface area contributed by atoms with Gasteiger partial charge in [0.1, 0.15) is 5.75 Å². The van der Waals surface area contributed by atoms with Crippen LogP contribution in [0.3, 0.4) is 0 Å². The van der Waals surface area contributed by atoms with Gasteiger partial charge in [-0.3, -0.25) is 4.79 Å². The van der Waals surface area contributed by atoms with Crippen molar-refractivity contribution in [2.45, 2.75) is 18.4 Å². The number of carbonyl (C=O) groups is 1. The molecule has 2 aromatic carbocycles. The Hall–Kier alpha value is -2.20. The van der Waals surface area contributed by atoms with E-state index in [1.54, 1.807) is 12.1 Å². The van der Waals surface area contributed by atoms with Crippen LogP contribution in [0.1, 0.15) is 27.4 Å². The Morgan fingerprint density at radius 1 is 1.35 bits per heavy atom. The van der Waals surface area contributed by atoms with Crippen LogP contribution in [0.5, 0.6) is 5.75 Å². The molecule has 4 rings (SSSR count). The number of rotatable bonds is 3. The van der Waals surface area contributed by atoms with Crippen molar-refractivity contribution in [1.29, 1.82) is 0 Å². The first-order chi connectivity index (χ1) is 11.1. The van der Waals surface area contributed by atoms with Crippen molar-refractivity contribution >= 4 is 23.2 Å². The van der Waals surface area contributed by atoms with Crippen LogP contribution in [0.15, 0.2) is 36.4 Å². The minimum absolute atomic E-state index is 0.166. The minimum Gasteiger partial charge on any atom is -0.496 e. The second-order valence-electron chi connectivity index (χ2n) is 6.17. The number of hydrogen-bond acceptors (Lipinski definition) is 3. The maximum atomic E-state index is 12.6. The summed E-state index contributed by atoms with van der Waals surface area (Å²) >= 11 is 6.04. The first-order valence-corrected chi connectivity index (χ1v) is 7.99. The van der Waals surface area contributed by atoms with E-state index in [0.717, 1.165) is 6.42 Å². The Balaban J connectivity index is 1.54. The van der Waals surface area contributed by atoms with Gasteiger partial charge in [0.25, 0.3) is 5.91 Å². The Labute approximate surface area is 139 Å². The monoisotopic (exact) mass is 328 g/mol. The van der Waals surface area contributed by atoms with Crippen LogP contribution in [0.2, 0.25) is 5.02 Å². The van der Waals surface area contributed by atoms with Gasteiger partial charge in [0.15, 0.2) is 0 Å². The third-order valence-corrected chi connectivity index (χ3v) is 5.23. The number of fused-ring (bicyclic) bond motifs is 3. The van der Waals surface area contributed by atoms with Gasteiger partial charge in [0.05, 0.1) is 23.4 Å². The van der Waals surface area contributed by atoms with Crippen LogP contribution in [-0.2, 0) is 6.42 Å². The molecule has 0 radical (unpaired) electrons. The van der Waals surface area contributed by atoms with Crippen LogP contribution in [0, 0.1) is 5.92 Å². The van der Waals surface area contributed by atoms with Crippen molar-refractivity contribution < 1.29 is 9.53 Å². The van der Waals surface area contributed by atoms with Crippen molar-refractivity contribution in [3.8, 4) is 5.75 Å². The van der Waals surface area contributed by atoms with Crippen molar-refractivity contribution in [3.05, 3.63) is 58.1 Å². The number of benzene rings is 2. The molecule has 3 unspecified atom stereocenters. The number of carbonyl (C=O) groups excluding carboxylic acids is 1. The van der Waals surface area contributed by atoms with Crippen molar-refractivity contribution in [2.24, 2.45) is 5.92 Å². The molecule has 0 bridgehead atoms. The second kappa shape index (κ2) is 5.17. The number of amides is 1. The summed E-state index contributed by atoms with van der Waals surface area (Å²) in [4.78, 5) is 12.6. The summed E-state index contributed by atoms with van der Waals surface area (Å²) in [5, 5.41) is 3.47. The van der Waals surface area contributed by atoms with Gasteiger partial charge in [-0.25, -0.2) is 0 Å². The fraction of sp³-hybridized carbons (Fsp3) is 0.278. The molecule has 0 spiro atoms. The fourth-order valence-corrected chi connectivity index (χ4v) is 3.86. The zero-order valence-electron chi connectivity index (χ0n) is 12.7. The summed E-state index contributed by atoms with van der Waals surface area (Å²) in [6, 6.07) is 11.8. The lowest BCUT2D eigenvalue weighted by Gasteiger charge is -2.13. The third-order valence-electron chi connectivity index (χ3n) is 4.90. The summed E-state index contributed by atoms with van der Waals surface area (Å²) in [5.41, 5.74) is 9.35. The molecule has 3 N–H and O–H groups in total. The summed E-state index contributed by atoms with van der Waals surface area (Å²) < 4.78 is 5.26. The molecule has 23 heavy (non-hydrogen) atoms. The van der Waals surface area contributed by atoms with E-state index in [1.807, 2.05) is 0 Å². The van der Waals surface area contributed by atoms with E-state index >= 15 is 0 Å².